The van der Waals surface area contributed by atoms with Crippen molar-refractivity contribution in [3.8, 4) is 23.0 Å². The van der Waals surface area contributed by atoms with Crippen LogP contribution in [0.2, 0.25) is 0 Å². The number of nitrogens with zero attached hydrogens (tertiary/aromatic N) is 5. The fourth-order valence-corrected chi connectivity index (χ4v) is 4.72. The molecule has 0 atom stereocenters. The van der Waals surface area contributed by atoms with Crippen molar-refractivity contribution in [2.45, 2.75) is 20.0 Å². The minimum absolute atomic E-state index is 0.145. The first kappa shape index (κ1) is 25.2. The van der Waals surface area contributed by atoms with Gasteiger partial charge >= 0.3 is 0 Å². The van der Waals surface area contributed by atoms with E-state index in [1.807, 2.05) is 62.3 Å². The zero-order valence-corrected chi connectivity index (χ0v) is 22.4. The number of carbonyl (C=O) groups excluding carboxylic acids is 1. The second-order valence-corrected chi connectivity index (χ2v) is 9.38. The molecule has 0 N–H and O–H groups in total. The van der Waals surface area contributed by atoms with Crippen LogP contribution in [0, 0.1) is 6.92 Å². The van der Waals surface area contributed by atoms with Crippen LogP contribution in [0.4, 0.5) is 5.82 Å². The number of methoxy groups -OCH3 is 2. The van der Waals surface area contributed by atoms with Gasteiger partial charge in [-0.05, 0) is 48.9 Å². The highest BCUT2D eigenvalue weighted by atomic mass is 16.7. The normalized spacial score (nSPS) is 12.1. The smallest absolute Gasteiger partial charge is 0.272 e. The minimum atomic E-state index is -0.145. The number of hydrogen-bond donors (Lipinski definition) is 0. The van der Waals surface area contributed by atoms with Crippen LogP contribution in [0.1, 0.15) is 27.3 Å². The molecule has 1 aliphatic heterocycles. The number of ether oxygens (including phenoxy) is 4. The van der Waals surface area contributed by atoms with Crippen LogP contribution in [0.3, 0.4) is 0 Å². The number of fused-ring (bicyclic) bond motifs is 2. The number of aromatic nitrogens is 3. The maximum Gasteiger partial charge on any atom is 0.272 e. The molecule has 1 amide bonds. The average Bonchev–Trinajstić information content (AvgIpc) is 3.51. The van der Waals surface area contributed by atoms with Crippen molar-refractivity contribution >= 4 is 22.6 Å². The third kappa shape index (κ3) is 4.65. The summed E-state index contributed by atoms with van der Waals surface area (Å²) in [6.07, 6.45) is 0. The molecular weight excluding hydrogens is 486 g/mol. The molecule has 4 aromatic rings. The molecule has 0 saturated heterocycles. The lowest BCUT2D eigenvalue weighted by Crippen LogP contribution is -2.32. The van der Waals surface area contributed by atoms with E-state index in [0.717, 1.165) is 28.0 Å². The molecule has 198 valence electrons. The molecule has 0 spiro atoms. The molecule has 2 aromatic heterocycles. The molecule has 38 heavy (non-hydrogen) atoms. The number of aryl methyl sites for hydroxylation is 2. The summed E-state index contributed by atoms with van der Waals surface area (Å²) in [7, 11) is 8.88. The fraction of sp³-hybridized carbons (Fsp3) is 0.321. The van der Waals surface area contributed by atoms with Gasteiger partial charge in [0, 0.05) is 38.6 Å². The van der Waals surface area contributed by atoms with Gasteiger partial charge < -0.3 is 28.7 Å². The van der Waals surface area contributed by atoms with Gasteiger partial charge in [-0.1, -0.05) is 6.07 Å². The van der Waals surface area contributed by atoms with E-state index < -0.39 is 0 Å². The Morgan fingerprint density at radius 3 is 2.42 bits per heavy atom. The van der Waals surface area contributed by atoms with E-state index in [1.165, 1.54) is 0 Å². The van der Waals surface area contributed by atoms with Gasteiger partial charge in [0.25, 0.3) is 5.91 Å². The monoisotopic (exact) mass is 517 g/mol. The Morgan fingerprint density at radius 1 is 1.00 bits per heavy atom. The minimum Gasteiger partial charge on any atom is -0.496 e. The van der Waals surface area contributed by atoms with Gasteiger partial charge in [0.1, 0.15) is 28.5 Å². The largest absolute Gasteiger partial charge is 0.496 e. The first-order chi connectivity index (χ1) is 18.3. The highest BCUT2D eigenvalue weighted by Gasteiger charge is 2.24. The molecule has 0 fully saturated rings. The molecular formula is C28H31N5O5. The summed E-state index contributed by atoms with van der Waals surface area (Å²) in [5.41, 5.74) is 3.75. The Morgan fingerprint density at radius 2 is 1.74 bits per heavy atom. The Kier molecular flexibility index (Phi) is 6.71. The molecule has 0 unspecified atom stereocenters. The predicted molar refractivity (Wildman–Crippen MR) is 143 cm³/mol. The van der Waals surface area contributed by atoms with Crippen LogP contribution in [0.5, 0.6) is 23.0 Å². The van der Waals surface area contributed by atoms with E-state index in [-0.39, 0.29) is 12.7 Å². The number of benzene rings is 2. The summed E-state index contributed by atoms with van der Waals surface area (Å²) >= 11 is 0. The molecule has 10 heteroatoms. The van der Waals surface area contributed by atoms with Crippen molar-refractivity contribution in [1.82, 2.24) is 19.7 Å². The topological polar surface area (TPSA) is 91.2 Å². The standard InChI is InChI=1S/C28H31N5O5/c1-17-11-21(32(4)30-17)28(34)33(14-18-7-8-23-25(12-18)38-16-37-23)15-19-13-20-22(35-5)9-10-24(36-6)26(20)29-27(19)31(2)3/h7-13H,14-16H2,1-6H3. The van der Waals surface area contributed by atoms with Crippen LogP contribution in [-0.2, 0) is 20.1 Å². The summed E-state index contributed by atoms with van der Waals surface area (Å²) in [6, 6.07) is 13.2. The molecule has 2 aromatic carbocycles. The van der Waals surface area contributed by atoms with Crippen molar-refractivity contribution in [3.05, 3.63) is 65.0 Å². The summed E-state index contributed by atoms with van der Waals surface area (Å²) in [5.74, 6) is 3.28. The van der Waals surface area contributed by atoms with Crippen molar-refractivity contribution in [1.29, 1.82) is 0 Å². The maximum absolute atomic E-state index is 13.9. The van der Waals surface area contributed by atoms with E-state index in [9.17, 15) is 4.79 Å². The summed E-state index contributed by atoms with van der Waals surface area (Å²) in [4.78, 5) is 22.6. The van der Waals surface area contributed by atoms with E-state index in [0.29, 0.717) is 47.3 Å². The molecule has 1 aliphatic rings. The zero-order valence-electron chi connectivity index (χ0n) is 22.4. The number of carbonyl (C=O) groups is 1. The summed E-state index contributed by atoms with van der Waals surface area (Å²) in [6.45, 7) is 2.71. The van der Waals surface area contributed by atoms with Crippen molar-refractivity contribution < 1.29 is 23.7 Å². The van der Waals surface area contributed by atoms with Gasteiger partial charge in [-0.25, -0.2) is 4.98 Å². The lowest BCUT2D eigenvalue weighted by atomic mass is 10.1. The second kappa shape index (κ2) is 10.1. The van der Waals surface area contributed by atoms with Gasteiger partial charge in [-0.2, -0.15) is 5.10 Å². The quantitative estimate of drug-likeness (QED) is 0.347. The van der Waals surface area contributed by atoms with E-state index in [1.54, 1.807) is 36.9 Å². The summed E-state index contributed by atoms with van der Waals surface area (Å²) in [5, 5.41) is 5.19. The van der Waals surface area contributed by atoms with E-state index >= 15 is 0 Å². The Balaban J connectivity index is 1.60. The second-order valence-electron chi connectivity index (χ2n) is 9.38. The summed E-state index contributed by atoms with van der Waals surface area (Å²) < 4.78 is 23.9. The van der Waals surface area contributed by atoms with E-state index in [2.05, 4.69) is 5.10 Å². The van der Waals surface area contributed by atoms with Crippen LogP contribution in [-0.4, -0.2) is 60.7 Å². The number of hydrogen-bond acceptors (Lipinski definition) is 8. The highest BCUT2D eigenvalue weighted by molar-refractivity contribution is 5.94. The lowest BCUT2D eigenvalue weighted by molar-refractivity contribution is 0.0718. The Hall–Kier alpha value is -4.47. The number of rotatable bonds is 8. The van der Waals surface area contributed by atoms with Gasteiger partial charge in [0.05, 0.1) is 26.5 Å². The molecule has 3 heterocycles. The third-order valence-corrected chi connectivity index (χ3v) is 6.51. The molecule has 0 saturated carbocycles. The number of anilines is 1. The maximum atomic E-state index is 13.9. The van der Waals surface area contributed by atoms with E-state index in [4.69, 9.17) is 23.9 Å². The van der Waals surface area contributed by atoms with Crippen molar-refractivity contribution in [3.63, 3.8) is 0 Å². The van der Waals surface area contributed by atoms with Crippen LogP contribution >= 0.6 is 0 Å². The first-order valence-electron chi connectivity index (χ1n) is 12.2. The number of pyridine rings is 1. The fourth-order valence-electron chi connectivity index (χ4n) is 4.72. The molecule has 0 radical (unpaired) electrons. The van der Waals surface area contributed by atoms with Crippen LogP contribution in [0.25, 0.3) is 10.9 Å². The molecule has 0 aliphatic carbocycles. The van der Waals surface area contributed by atoms with Gasteiger partial charge in [0.15, 0.2) is 11.5 Å². The average molecular weight is 518 g/mol. The van der Waals surface area contributed by atoms with Gasteiger partial charge in [-0.3, -0.25) is 9.48 Å². The Labute approximate surface area is 221 Å². The Bertz CT molecular complexity index is 1510. The third-order valence-electron chi connectivity index (χ3n) is 6.51. The highest BCUT2D eigenvalue weighted by Crippen LogP contribution is 2.36. The first-order valence-corrected chi connectivity index (χ1v) is 12.2. The molecule has 10 nitrogen and oxygen atoms in total. The predicted octanol–water partition coefficient (Wildman–Crippen LogP) is 3.93. The van der Waals surface area contributed by atoms with Crippen LogP contribution < -0.4 is 23.8 Å². The van der Waals surface area contributed by atoms with Crippen LogP contribution in [0.15, 0.2) is 42.5 Å². The lowest BCUT2D eigenvalue weighted by Gasteiger charge is -2.26. The zero-order chi connectivity index (χ0) is 27.0. The van der Waals surface area contributed by atoms with Crippen molar-refractivity contribution in [2.24, 2.45) is 7.05 Å². The van der Waals surface area contributed by atoms with Gasteiger partial charge in [0.2, 0.25) is 6.79 Å². The van der Waals surface area contributed by atoms with Crippen molar-refractivity contribution in [2.75, 3.05) is 40.0 Å². The SMILES string of the molecule is COc1ccc(OC)c2nc(N(C)C)c(CN(Cc3ccc4c(c3)OCO4)C(=O)c3cc(C)nn3C)cc12. The molecule has 5 rings (SSSR count). The molecule has 0 bridgehead atoms. The number of amides is 1. The van der Waals surface area contributed by atoms with Gasteiger partial charge in [-0.15, -0.1) is 0 Å².